The van der Waals surface area contributed by atoms with Gasteiger partial charge in [0.1, 0.15) is 11.6 Å². The highest BCUT2D eigenvalue weighted by molar-refractivity contribution is 5.61. The van der Waals surface area contributed by atoms with Crippen LogP contribution in [0.5, 0.6) is 5.88 Å². The normalized spacial score (nSPS) is 14.2. The summed E-state index contributed by atoms with van der Waals surface area (Å²) in [6.07, 6.45) is 3.73. The second kappa shape index (κ2) is 10.1. The number of aromatic amines is 1. The molecule has 4 aromatic heterocycles. The summed E-state index contributed by atoms with van der Waals surface area (Å²) in [5, 5.41) is 10.4. The predicted molar refractivity (Wildman–Crippen MR) is 135 cm³/mol. The Labute approximate surface area is 204 Å². The van der Waals surface area contributed by atoms with Gasteiger partial charge in [-0.05, 0) is 31.5 Å². The van der Waals surface area contributed by atoms with Gasteiger partial charge in [-0.25, -0.2) is 19.9 Å². The molecule has 0 radical (unpaired) electrons. The number of H-pyrrole nitrogens is 1. The zero-order valence-electron chi connectivity index (χ0n) is 20.2. The maximum atomic E-state index is 5.14. The number of nitrogens with one attached hydrogen (secondary N) is 2. The van der Waals surface area contributed by atoms with Crippen molar-refractivity contribution in [3.05, 3.63) is 65.7 Å². The van der Waals surface area contributed by atoms with Crippen LogP contribution in [0, 0.1) is 13.8 Å². The molecule has 4 aromatic rings. The van der Waals surface area contributed by atoms with Crippen LogP contribution in [0.2, 0.25) is 0 Å². The van der Waals surface area contributed by atoms with Crippen LogP contribution in [0.1, 0.15) is 17.0 Å². The molecule has 0 atom stereocenters. The average Bonchev–Trinajstić information content (AvgIpc) is 3.29. The second-order valence-electron chi connectivity index (χ2n) is 8.66. The Bertz CT molecular complexity index is 1260. The third-order valence-electron chi connectivity index (χ3n) is 5.93. The van der Waals surface area contributed by atoms with Crippen LogP contribution in [0.3, 0.4) is 0 Å². The summed E-state index contributed by atoms with van der Waals surface area (Å²) in [4.78, 5) is 23.0. The molecule has 0 bridgehead atoms. The Morgan fingerprint density at radius 3 is 2.46 bits per heavy atom. The zero-order chi connectivity index (χ0) is 24.2. The standard InChI is InChI=1S/C25H29N9O/c1-17-12-21(29-22-13-18(2)31-32-22)30-25(28-17)20-5-6-23(26-15-20)34-10-8-33(9-11-34)16-19-4-7-24(35-3)27-14-19/h4-7,12-15H,8-11,16H2,1-3H3,(H2,28,29,30,31,32). The van der Waals surface area contributed by atoms with Crippen LogP contribution >= 0.6 is 0 Å². The molecule has 0 unspecified atom stereocenters. The highest BCUT2D eigenvalue weighted by Gasteiger charge is 2.18. The lowest BCUT2D eigenvalue weighted by Gasteiger charge is -2.35. The topological polar surface area (TPSA) is 108 Å². The van der Waals surface area contributed by atoms with Crippen molar-refractivity contribution >= 4 is 17.5 Å². The third kappa shape index (κ3) is 5.55. The molecule has 0 saturated carbocycles. The van der Waals surface area contributed by atoms with Crippen LogP contribution in [0.25, 0.3) is 11.4 Å². The number of methoxy groups -OCH3 is 1. The highest BCUT2D eigenvalue weighted by Crippen LogP contribution is 2.22. The van der Waals surface area contributed by atoms with Gasteiger partial charge in [0.2, 0.25) is 5.88 Å². The molecule has 2 N–H and O–H groups in total. The van der Waals surface area contributed by atoms with E-state index in [0.717, 1.165) is 61.3 Å². The lowest BCUT2D eigenvalue weighted by molar-refractivity contribution is 0.249. The lowest BCUT2D eigenvalue weighted by Crippen LogP contribution is -2.46. The molecule has 0 aliphatic carbocycles. The van der Waals surface area contributed by atoms with Crippen molar-refractivity contribution in [1.82, 2.24) is 35.0 Å². The maximum absolute atomic E-state index is 5.14. The van der Waals surface area contributed by atoms with Gasteiger partial charge in [-0.1, -0.05) is 6.07 Å². The number of hydrogen-bond acceptors (Lipinski definition) is 9. The number of ether oxygens (including phenoxy) is 1. The molecule has 1 fully saturated rings. The first kappa shape index (κ1) is 22.7. The summed E-state index contributed by atoms with van der Waals surface area (Å²) in [5.74, 6) is 3.67. The predicted octanol–water partition coefficient (Wildman–Crippen LogP) is 3.35. The van der Waals surface area contributed by atoms with Gasteiger partial charge in [0.25, 0.3) is 0 Å². The van der Waals surface area contributed by atoms with Gasteiger partial charge in [0.05, 0.1) is 7.11 Å². The monoisotopic (exact) mass is 471 g/mol. The largest absolute Gasteiger partial charge is 0.481 e. The van der Waals surface area contributed by atoms with Crippen molar-refractivity contribution < 1.29 is 4.74 Å². The summed E-state index contributed by atoms with van der Waals surface area (Å²) in [5.41, 5.74) is 3.93. The first-order chi connectivity index (χ1) is 17.1. The summed E-state index contributed by atoms with van der Waals surface area (Å²) in [7, 11) is 1.63. The minimum atomic E-state index is 0.636. The Balaban J connectivity index is 1.21. The smallest absolute Gasteiger partial charge is 0.212 e. The molecule has 5 rings (SSSR count). The van der Waals surface area contributed by atoms with Gasteiger partial charge < -0.3 is 15.0 Å². The van der Waals surface area contributed by atoms with Crippen LogP contribution in [-0.4, -0.2) is 68.3 Å². The highest BCUT2D eigenvalue weighted by atomic mass is 16.5. The fourth-order valence-corrected chi connectivity index (χ4v) is 4.10. The van der Waals surface area contributed by atoms with Crippen LogP contribution in [0.4, 0.5) is 17.5 Å². The number of aromatic nitrogens is 6. The summed E-state index contributed by atoms with van der Waals surface area (Å²) in [6, 6.07) is 11.9. The quantitative estimate of drug-likeness (QED) is 0.419. The van der Waals surface area contributed by atoms with Crippen LogP contribution < -0.4 is 15.0 Å². The number of pyridine rings is 2. The van der Waals surface area contributed by atoms with E-state index in [-0.39, 0.29) is 0 Å². The Kier molecular flexibility index (Phi) is 6.53. The molecule has 180 valence electrons. The molecule has 1 aliphatic heterocycles. The van der Waals surface area contributed by atoms with E-state index in [9.17, 15) is 0 Å². The number of hydrogen-bond donors (Lipinski definition) is 2. The molecule has 0 spiro atoms. The van der Waals surface area contributed by atoms with Crippen molar-refractivity contribution in [2.45, 2.75) is 20.4 Å². The molecule has 10 heteroatoms. The molecule has 0 aromatic carbocycles. The van der Waals surface area contributed by atoms with Gasteiger partial charge >= 0.3 is 0 Å². The van der Waals surface area contributed by atoms with E-state index in [2.05, 4.69) is 46.3 Å². The SMILES string of the molecule is COc1ccc(CN2CCN(c3ccc(-c4nc(C)cc(Nc5cc(C)[nH]n5)n4)cn3)CC2)cn1. The minimum absolute atomic E-state index is 0.636. The molecule has 5 heterocycles. The van der Waals surface area contributed by atoms with E-state index >= 15 is 0 Å². The van der Waals surface area contributed by atoms with Gasteiger partial charge in [-0.3, -0.25) is 10.00 Å². The van der Waals surface area contributed by atoms with Crippen molar-refractivity contribution in [3.63, 3.8) is 0 Å². The van der Waals surface area contributed by atoms with Crippen LogP contribution in [0.15, 0.2) is 48.8 Å². The van der Waals surface area contributed by atoms with Gasteiger partial charge in [-0.15, -0.1) is 0 Å². The van der Waals surface area contributed by atoms with Crippen LogP contribution in [-0.2, 0) is 6.54 Å². The second-order valence-corrected chi connectivity index (χ2v) is 8.66. The zero-order valence-corrected chi connectivity index (χ0v) is 20.2. The first-order valence-corrected chi connectivity index (χ1v) is 11.6. The Morgan fingerprint density at radius 2 is 1.80 bits per heavy atom. The van der Waals surface area contributed by atoms with E-state index < -0.39 is 0 Å². The Morgan fingerprint density at radius 1 is 0.943 bits per heavy atom. The summed E-state index contributed by atoms with van der Waals surface area (Å²) in [6.45, 7) is 8.59. The molecule has 0 amide bonds. The van der Waals surface area contributed by atoms with Gasteiger partial charge in [0.15, 0.2) is 11.6 Å². The van der Waals surface area contributed by atoms with Crippen molar-refractivity contribution in [2.75, 3.05) is 43.5 Å². The summed E-state index contributed by atoms with van der Waals surface area (Å²) < 4.78 is 5.14. The Hall–Kier alpha value is -4.05. The average molecular weight is 472 g/mol. The molecular weight excluding hydrogens is 442 g/mol. The van der Waals surface area contributed by atoms with Crippen molar-refractivity contribution in [1.29, 1.82) is 0 Å². The molecule has 10 nitrogen and oxygen atoms in total. The van der Waals surface area contributed by atoms with E-state index in [0.29, 0.717) is 17.5 Å². The lowest BCUT2D eigenvalue weighted by atomic mass is 10.2. The number of nitrogens with zero attached hydrogens (tertiary/aromatic N) is 7. The fourth-order valence-electron chi connectivity index (χ4n) is 4.10. The van der Waals surface area contributed by atoms with E-state index in [1.165, 1.54) is 5.56 Å². The fraction of sp³-hybridized carbons (Fsp3) is 0.320. The third-order valence-corrected chi connectivity index (χ3v) is 5.93. The minimum Gasteiger partial charge on any atom is -0.481 e. The summed E-state index contributed by atoms with van der Waals surface area (Å²) >= 11 is 0. The number of piperazine rings is 1. The molecular formula is C25H29N9O. The number of rotatable bonds is 7. The number of aryl methyl sites for hydroxylation is 2. The number of anilines is 3. The van der Waals surface area contributed by atoms with Crippen molar-refractivity contribution in [2.24, 2.45) is 0 Å². The van der Waals surface area contributed by atoms with Crippen molar-refractivity contribution in [3.8, 4) is 17.3 Å². The first-order valence-electron chi connectivity index (χ1n) is 11.6. The molecule has 1 saturated heterocycles. The van der Waals surface area contributed by atoms with E-state index in [1.54, 1.807) is 7.11 Å². The van der Waals surface area contributed by atoms with E-state index in [4.69, 9.17) is 9.72 Å². The molecule has 35 heavy (non-hydrogen) atoms. The maximum Gasteiger partial charge on any atom is 0.212 e. The van der Waals surface area contributed by atoms with Gasteiger partial charge in [0, 0.05) is 80.3 Å². The molecule has 1 aliphatic rings. The van der Waals surface area contributed by atoms with E-state index in [1.807, 2.05) is 56.6 Å². The van der Waals surface area contributed by atoms with Gasteiger partial charge in [-0.2, -0.15) is 5.10 Å².